The number of benzene rings is 2. The number of rotatable bonds is 7. The standard InChI is InChI=1S/C24H19ClN6O4/c1-34-19(32)12-26-24(33)21-22(35-13-15-5-3-2-4-6-15)18-11-28-30(17-9-7-16(25)8-10-17)20(18)23-27-14-29-31(21)23/h2-11,14H,12-13H2,1H3,(H,26,33). The number of amides is 1. The summed E-state index contributed by atoms with van der Waals surface area (Å²) in [7, 11) is 1.25. The molecular weight excluding hydrogens is 472 g/mol. The Morgan fingerprint density at radius 1 is 1.06 bits per heavy atom. The molecule has 0 atom stereocenters. The van der Waals surface area contributed by atoms with Crippen molar-refractivity contribution in [2.24, 2.45) is 0 Å². The number of carbonyl (C=O) groups excluding carboxylic acids is 2. The van der Waals surface area contributed by atoms with Gasteiger partial charge in [-0.25, -0.2) is 14.2 Å². The average Bonchev–Trinajstić information content (AvgIpc) is 3.54. The molecule has 176 valence electrons. The van der Waals surface area contributed by atoms with Crippen LogP contribution in [0.25, 0.3) is 22.2 Å². The first-order chi connectivity index (χ1) is 17.1. The summed E-state index contributed by atoms with van der Waals surface area (Å²) in [6.45, 7) is -0.120. The van der Waals surface area contributed by atoms with Crippen molar-refractivity contribution in [3.05, 3.63) is 83.4 Å². The molecule has 35 heavy (non-hydrogen) atoms. The highest BCUT2D eigenvalue weighted by molar-refractivity contribution is 6.30. The minimum absolute atomic E-state index is 0.0838. The monoisotopic (exact) mass is 490 g/mol. The fourth-order valence-corrected chi connectivity index (χ4v) is 3.81. The van der Waals surface area contributed by atoms with Crippen LogP contribution in [0.1, 0.15) is 16.1 Å². The second-order valence-electron chi connectivity index (χ2n) is 7.50. The zero-order valence-electron chi connectivity index (χ0n) is 18.5. The van der Waals surface area contributed by atoms with Crippen molar-refractivity contribution >= 4 is 40.0 Å². The van der Waals surface area contributed by atoms with Crippen molar-refractivity contribution in [3.8, 4) is 11.4 Å². The Bertz CT molecular complexity index is 1530. The van der Waals surface area contributed by atoms with E-state index in [2.05, 4.69) is 25.2 Å². The molecule has 1 amide bonds. The third-order valence-electron chi connectivity index (χ3n) is 5.33. The molecule has 0 fully saturated rings. The zero-order valence-corrected chi connectivity index (χ0v) is 19.3. The highest BCUT2D eigenvalue weighted by Crippen LogP contribution is 2.34. The fraction of sp³-hybridized carbons (Fsp3) is 0.125. The van der Waals surface area contributed by atoms with Crippen molar-refractivity contribution in [2.75, 3.05) is 13.7 Å². The molecule has 0 saturated carbocycles. The van der Waals surface area contributed by atoms with Crippen LogP contribution in [0.4, 0.5) is 0 Å². The van der Waals surface area contributed by atoms with Gasteiger partial charge in [0, 0.05) is 5.02 Å². The van der Waals surface area contributed by atoms with E-state index in [4.69, 9.17) is 16.3 Å². The molecule has 3 aromatic heterocycles. The Labute approximate surface area is 204 Å². The third kappa shape index (κ3) is 4.26. The van der Waals surface area contributed by atoms with Crippen LogP contribution in [0.15, 0.2) is 67.1 Å². The number of ether oxygens (including phenoxy) is 2. The Morgan fingerprint density at radius 3 is 2.57 bits per heavy atom. The van der Waals surface area contributed by atoms with Crippen molar-refractivity contribution in [3.63, 3.8) is 0 Å². The Kier molecular flexibility index (Phi) is 6.02. The summed E-state index contributed by atoms with van der Waals surface area (Å²) in [5.41, 5.74) is 2.72. The van der Waals surface area contributed by atoms with Gasteiger partial charge < -0.3 is 14.8 Å². The summed E-state index contributed by atoms with van der Waals surface area (Å²) in [6.07, 6.45) is 2.95. The van der Waals surface area contributed by atoms with Crippen LogP contribution >= 0.6 is 11.6 Å². The predicted molar refractivity (Wildman–Crippen MR) is 128 cm³/mol. The molecule has 10 nitrogen and oxygen atoms in total. The minimum atomic E-state index is -0.587. The van der Waals surface area contributed by atoms with Gasteiger partial charge >= 0.3 is 5.97 Å². The van der Waals surface area contributed by atoms with Crippen LogP contribution < -0.4 is 10.1 Å². The van der Waals surface area contributed by atoms with Gasteiger partial charge in [-0.15, -0.1) is 0 Å². The van der Waals surface area contributed by atoms with E-state index in [0.29, 0.717) is 21.6 Å². The molecule has 0 spiro atoms. The van der Waals surface area contributed by atoms with Gasteiger partial charge in [-0.1, -0.05) is 41.9 Å². The maximum Gasteiger partial charge on any atom is 0.325 e. The van der Waals surface area contributed by atoms with E-state index in [1.165, 1.54) is 18.0 Å². The largest absolute Gasteiger partial charge is 0.486 e. The molecule has 0 saturated heterocycles. The highest BCUT2D eigenvalue weighted by Gasteiger charge is 2.26. The van der Waals surface area contributed by atoms with Crippen molar-refractivity contribution < 1.29 is 19.1 Å². The first kappa shape index (κ1) is 22.4. The molecule has 0 radical (unpaired) electrons. The van der Waals surface area contributed by atoms with Crippen molar-refractivity contribution in [2.45, 2.75) is 6.61 Å². The molecule has 3 heterocycles. The number of nitrogens with one attached hydrogen (secondary N) is 1. The second kappa shape index (κ2) is 9.43. The lowest BCUT2D eigenvalue weighted by molar-refractivity contribution is -0.139. The molecule has 0 aliphatic heterocycles. The van der Waals surface area contributed by atoms with Crippen molar-refractivity contribution in [1.82, 2.24) is 29.7 Å². The Morgan fingerprint density at radius 2 is 1.83 bits per heavy atom. The first-order valence-electron chi connectivity index (χ1n) is 10.6. The van der Waals surface area contributed by atoms with E-state index in [9.17, 15) is 9.59 Å². The second-order valence-corrected chi connectivity index (χ2v) is 7.94. The molecule has 5 rings (SSSR count). The number of nitrogens with zero attached hydrogens (tertiary/aromatic N) is 5. The summed E-state index contributed by atoms with van der Waals surface area (Å²) in [6, 6.07) is 16.7. The summed E-state index contributed by atoms with van der Waals surface area (Å²) >= 11 is 6.06. The van der Waals surface area contributed by atoms with Crippen LogP contribution in [-0.2, 0) is 16.1 Å². The maximum atomic E-state index is 13.2. The van der Waals surface area contributed by atoms with Crippen LogP contribution in [0, 0.1) is 0 Å². The van der Waals surface area contributed by atoms with E-state index in [-0.39, 0.29) is 24.6 Å². The number of fused-ring (bicyclic) bond motifs is 3. The van der Waals surface area contributed by atoms with Gasteiger partial charge in [-0.05, 0) is 29.8 Å². The average molecular weight is 491 g/mol. The fourth-order valence-electron chi connectivity index (χ4n) is 3.68. The van der Waals surface area contributed by atoms with E-state index in [1.54, 1.807) is 23.0 Å². The molecule has 0 aliphatic rings. The molecular formula is C24H19ClN6O4. The van der Waals surface area contributed by atoms with Crippen LogP contribution in [-0.4, -0.2) is 49.9 Å². The quantitative estimate of drug-likeness (QED) is 0.348. The van der Waals surface area contributed by atoms with Crippen LogP contribution in [0.3, 0.4) is 0 Å². The predicted octanol–water partition coefficient (Wildman–Crippen LogP) is 3.20. The lowest BCUT2D eigenvalue weighted by Crippen LogP contribution is -2.32. The highest BCUT2D eigenvalue weighted by atomic mass is 35.5. The van der Waals surface area contributed by atoms with E-state index in [1.807, 2.05) is 42.5 Å². The topological polar surface area (TPSA) is 113 Å². The zero-order chi connectivity index (χ0) is 24.4. The number of hydrogen-bond acceptors (Lipinski definition) is 7. The number of pyridine rings is 1. The summed E-state index contributed by atoms with van der Waals surface area (Å²) < 4.78 is 13.9. The third-order valence-corrected chi connectivity index (χ3v) is 5.59. The van der Waals surface area contributed by atoms with Crippen LogP contribution in [0.2, 0.25) is 5.02 Å². The van der Waals surface area contributed by atoms with Gasteiger partial charge in [0.1, 0.15) is 25.0 Å². The summed E-state index contributed by atoms with van der Waals surface area (Å²) in [5.74, 6) is -0.906. The maximum absolute atomic E-state index is 13.2. The summed E-state index contributed by atoms with van der Waals surface area (Å²) in [4.78, 5) is 29.2. The van der Waals surface area contributed by atoms with Gasteiger partial charge in [0.2, 0.25) is 0 Å². The Balaban J connectivity index is 1.69. The van der Waals surface area contributed by atoms with Gasteiger partial charge in [-0.3, -0.25) is 9.59 Å². The normalized spacial score (nSPS) is 11.0. The van der Waals surface area contributed by atoms with Gasteiger partial charge in [0.25, 0.3) is 5.91 Å². The first-order valence-corrected chi connectivity index (χ1v) is 11.0. The number of methoxy groups -OCH3 is 1. The number of esters is 1. The lowest BCUT2D eigenvalue weighted by atomic mass is 10.2. The SMILES string of the molecule is COC(=O)CNC(=O)c1c(OCc2ccccc2)c2cnn(-c3ccc(Cl)cc3)c2c2ncnn12. The van der Waals surface area contributed by atoms with E-state index >= 15 is 0 Å². The Hall–Kier alpha value is -4.44. The summed E-state index contributed by atoms with van der Waals surface area (Å²) in [5, 5.41) is 12.5. The lowest BCUT2D eigenvalue weighted by Gasteiger charge is -2.15. The molecule has 0 aliphatic carbocycles. The number of aromatic nitrogens is 5. The molecule has 5 aromatic rings. The molecule has 11 heteroatoms. The van der Waals surface area contributed by atoms with Crippen LogP contribution in [0.5, 0.6) is 5.75 Å². The smallest absolute Gasteiger partial charge is 0.325 e. The molecule has 2 aromatic carbocycles. The van der Waals surface area contributed by atoms with Gasteiger partial charge in [-0.2, -0.15) is 10.2 Å². The number of hydrogen-bond donors (Lipinski definition) is 1. The number of carbonyl (C=O) groups is 2. The molecule has 0 bridgehead atoms. The molecule has 0 unspecified atom stereocenters. The van der Waals surface area contributed by atoms with E-state index < -0.39 is 11.9 Å². The van der Waals surface area contributed by atoms with Gasteiger partial charge in [0.15, 0.2) is 17.1 Å². The van der Waals surface area contributed by atoms with Crippen molar-refractivity contribution in [1.29, 1.82) is 0 Å². The van der Waals surface area contributed by atoms with E-state index in [0.717, 1.165) is 11.3 Å². The van der Waals surface area contributed by atoms with Gasteiger partial charge in [0.05, 0.1) is 24.4 Å². The molecule has 1 N–H and O–H groups in total. The minimum Gasteiger partial charge on any atom is -0.486 e. The number of halogens is 1.